The molecule has 1 aliphatic heterocycles. The van der Waals surface area contributed by atoms with E-state index in [4.69, 9.17) is 17.0 Å². The van der Waals surface area contributed by atoms with Gasteiger partial charge in [-0.1, -0.05) is 49.1 Å². The molecule has 0 spiro atoms. The fraction of sp³-hybridized carbons (Fsp3) is 0.353. The van der Waals surface area contributed by atoms with Gasteiger partial charge in [-0.2, -0.15) is 0 Å². The van der Waals surface area contributed by atoms with Crippen LogP contribution in [0.5, 0.6) is 0 Å². The van der Waals surface area contributed by atoms with Crippen LogP contribution in [0.1, 0.15) is 31.7 Å². The number of thiocarbonyl (C=S) groups is 1. The SMILES string of the molecule is CCCOC(=O)CCCN1C(=O)/C(=C\c2ccccc2F)SC1=S. The second-order valence-corrected chi connectivity index (χ2v) is 6.85. The van der Waals surface area contributed by atoms with Gasteiger partial charge in [-0.15, -0.1) is 0 Å². The van der Waals surface area contributed by atoms with Crippen molar-refractivity contribution in [3.63, 3.8) is 0 Å². The number of hydrogen-bond donors (Lipinski definition) is 0. The highest BCUT2D eigenvalue weighted by atomic mass is 32.2. The Hall–Kier alpha value is -1.73. The fourth-order valence-corrected chi connectivity index (χ4v) is 3.40. The quantitative estimate of drug-likeness (QED) is 0.417. The Morgan fingerprint density at radius 2 is 2.17 bits per heavy atom. The number of hydrogen-bond acceptors (Lipinski definition) is 5. The molecular formula is C17H18FNO3S2. The van der Waals surface area contributed by atoms with E-state index in [-0.39, 0.29) is 24.1 Å². The third kappa shape index (κ3) is 4.88. The molecule has 7 heteroatoms. The molecule has 0 N–H and O–H groups in total. The molecule has 1 aromatic carbocycles. The minimum Gasteiger partial charge on any atom is -0.466 e. The Labute approximate surface area is 150 Å². The van der Waals surface area contributed by atoms with Crippen LogP contribution in [0.3, 0.4) is 0 Å². The first-order chi connectivity index (χ1) is 11.5. The minimum atomic E-state index is -0.388. The Kier molecular flexibility index (Phi) is 6.93. The first-order valence-electron chi connectivity index (χ1n) is 7.68. The number of halogens is 1. The maximum Gasteiger partial charge on any atom is 0.305 e. The molecule has 0 aromatic heterocycles. The van der Waals surface area contributed by atoms with E-state index >= 15 is 0 Å². The zero-order chi connectivity index (χ0) is 17.5. The number of amides is 1. The van der Waals surface area contributed by atoms with Crippen molar-refractivity contribution in [1.29, 1.82) is 0 Å². The van der Waals surface area contributed by atoms with E-state index in [1.54, 1.807) is 18.2 Å². The fourth-order valence-electron chi connectivity index (χ4n) is 2.10. The third-order valence-corrected chi connectivity index (χ3v) is 4.67. The van der Waals surface area contributed by atoms with E-state index in [1.165, 1.54) is 17.0 Å². The number of carbonyl (C=O) groups is 2. The van der Waals surface area contributed by atoms with Gasteiger partial charge in [0.15, 0.2) is 0 Å². The number of esters is 1. The summed E-state index contributed by atoms with van der Waals surface area (Å²) in [6, 6.07) is 6.24. The number of carbonyl (C=O) groups excluding carboxylic acids is 2. The molecule has 0 radical (unpaired) electrons. The van der Waals surface area contributed by atoms with Crippen LogP contribution in [-0.2, 0) is 14.3 Å². The lowest BCUT2D eigenvalue weighted by Gasteiger charge is -2.13. The number of ether oxygens (including phenoxy) is 1. The second-order valence-electron chi connectivity index (χ2n) is 5.18. The van der Waals surface area contributed by atoms with Crippen LogP contribution in [0.4, 0.5) is 4.39 Å². The van der Waals surface area contributed by atoms with E-state index in [1.807, 2.05) is 6.92 Å². The molecule has 0 unspecified atom stereocenters. The normalized spacial score (nSPS) is 16.1. The van der Waals surface area contributed by atoms with Crippen molar-refractivity contribution in [3.05, 3.63) is 40.6 Å². The summed E-state index contributed by atoms with van der Waals surface area (Å²) in [5, 5.41) is 0. The number of thioether (sulfide) groups is 1. The number of rotatable bonds is 7. The number of benzene rings is 1. The van der Waals surface area contributed by atoms with Gasteiger partial charge in [0, 0.05) is 18.5 Å². The zero-order valence-corrected chi connectivity index (χ0v) is 14.9. The Morgan fingerprint density at radius 1 is 1.42 bits per heavy atom. The summed E-state index contributed by atoms with van der Waals surface area (Å²) in [5.41, 5.74) is 0.348. The summed E-state index contributed by atoms with van der Waals surface area (Å²) in [4.78, 5) is 25.7. The first-order valence-corrected chi connectivity index (χ1v) is 8.91. The summed E-state index contributed by atoms with van der Waals surface area (Å²) < 4.78 is 19.1. The maximum atomic E-state index is 13.7. The molecule has 0 aliphatic carbocycles. The van der Waals surface area contributed by atoms with Crippen molar-refractivity contribution >= 4 is 46.3 Å². The van der Waals surface area contributed by atoms with Crippen LogP contribution in [0.25, 0.3) is 6.08 Å². The van der Waals surface area contributed by atoms with Gasteiger partial charge in [0.05, 0.1) is 11.5 Å². The molecule has 1 fully saturated rings. The molecule has 4 nitrogen and oxygen atoms in total. The van der Waals surface area contributed by atoms with Gasteiger partial charge in [-0.05, 0) is 25.0 Å². The van der Waals surface area contributed by atoms with Gasteiger partial charge in [0.25, 0.3) is 5.91 Å². The van der Waals surface area contributed by atoms with E-state index < -0.39 is 0 Å². The van der Waals surface area contributed by atoms with E-state index in [2.05, 4.69) is 0 Å². The molecule has 1 amide bonds. The summed E-state index contributed by atoms with van der Waals surface area (Å²) in [7, 11) is 0. The summed E-state index contributed by atoms with van der Waals surface area (Å²) >= 11 is 6.35. The van der Waals surface area contributed by atoms with Crippen molar-refractivity contribution in [2.24, 2.45) is 0 Å². The van der Waals surface area contributed by atoms with Crippen molar-refractivity contribution in [1.82, 2.24) is 4.90 Å². The monoisotopic (exact) mass is 367 g/mol. The van der Waals surface area contributed by atoms with Crippen molar-refractivity contribution in [3.8, 4) is 0 Å². The molecular weight excluding hydrogens is 349 g/mol. The van der Waals surface area contributed by atoms with E-state index in [0.717, 1.165) is 18.2 Å². The number of nitrogens with zero attached hydrogens (tertiary/aromatic N) is 1. The first kappa shape index (κ1) is 18.6. The lowest BCUT2D eigenvalue weighted by Crippen LogP contribution is -2.29. The van der Waals surface area contributed by atoms with Crippen LogP contribution in [0, 0.1) is 5.82 Å². The van der Waals surface area contributed by atoms with Crippen molar-refractivity contribution in [2.75, 3.05) is 13.2 Å². The van der Waals surface area contributed by atoms with Gasteiger partial charge in [-0.3, -0.25) is 14.5 Å². The van der Waals surface area contributed by atoms with Crippen LogP contribution in [0.2, 0.25) is 0 Å². The summed E-state index contributed by atoms with van der Waals surface area (Å²) in [6.45, 7) is 2.68. The third-order valence-electron chi connectivity index (χ3n) is 3.30. The Bertz CT molecular complexity index is 676. The van der Waals surface area contributed by atoms with Gasteiger partial charge >= 0.3 is 5.97 Å². The molecule has 24 heavy (non-hydrogen) atoms. The molecule has 0 atom stereocenters. The highest BCUT2D eigenvalue weighted by molar-refractivity contribution is 8.26. The topological polar surface area (TPSA) is 46.6 Å². The lowest BCUT2D eigenvalue weighted by atomic mass is 10.2. The molecule has 1 aromatic rings. The predicted octanol–water partition coefficient (Wildman–Crippen LogP) is 3.76. The Balaban J connectivity index is 1.94. The molecule has 2 rings (SSSR count). The van der Waals surface area contributed by atoms with Crippen LogP contribution in [-0.4, -0.2) is 34.2 Å². The molecule has 0 bridgehead atoms. The standard InChI is InChI=1S/C17H18FNO3S2/c1-2-10-22-15(20)8-5-9-19-16(21)14(24-17(19)23)11-12-6-3-4-7-13(12)18/h3-4,6-7,11H,2,5,8-10H2,1H3/b14-11+. The predicted molar refractivity (Wildman–Crippen MR) is 96.8 cm³/mol. The van der Waals surface area contributed by atoms with Crippen molar-refractivity contribution in [2.45, 2.75) is 26.2 Å². The van der Waals surface area contributed by atoms with Gasteiger partial charge in [0.1, 0.15) is 10.1 Å². The lowest BCUT2D eigenvalue weighted by molar-refractivity contribution is -0.144. The van der Waals surface area contributed by atoms with Crippen molar-refractivity contribution < 1.29 is 18.7 Å². The minimum absolute atomic E-state index is 0.240. The molecule has 1 aliphatic rings. The average molecular weight is 367 g/mol. The van der Waals surface area contributed by atoms with Crippen LogP contribution >= 0.6 is 24.0 Å². The average Bonchev–Trinajstić information content (AvgIpc) is 2.82. The summed E-state index contributed by atoms with van der Waals surface area (Å²) in [6.07, 6.45) is 3.00. The van der Waals surface area contributed by atoms with Crippen LogP contribution < -0.4 is 0 Å². The van der Waals surface area contributed by atoms with Gasteiger partial charge in [-0.25, -0.2) is 4.39 Å². The molecule has 128 valence electrons. The van der Waals surface area contributed by atoms with E-state index in [9.17, 15) is 14.0 Å². The Morgan fingerprint density at radius 3 is 2.88 bits per heavy atom. The highest BCUT2D eigenvalue weighted by Gasteiger charge is 2.31. The highest BCUT2D eigenvalue weighted by Crippen LogP contribution is 2.33. The molecule has 0 saturated carbocycles. The largest absolute Gasteiger partial charge is 0.466 e. The zero-order valence-electron chi connectivity index (χ0n) is 13.3. The molecule has 1 saturated heterocycles. The smallest absolute Gasteiger partial charge is 0.305 e. The second kappa shape index (κ2) is 8.94. The van der Waals surface area contributed by atoms with E-state index in [0.29, 0.717) is 34.4 Å². The summed E-state index contributed by atoms with van der Waals surface area (Å²) in [5.74, 6) is -0.916. The van der Waals surface area contributed by atoms with Gasteiger partial charge in [0.2, 0.25) is 0 Å². The maximum absolute atomic E-state index is 13.7. The molecule has 1 heterocycles. The van der Waals surface area contributed by atoms with Gasteiger partial charge < -0.3 is 4.74 Å². The van der Waals surface area contributed by atoms with Crippen LogP contribution in [0.15, 0.2) is 29.2 Å².